The summed E-state index contributed by atoms with van der Waals surface area (Å²) in [6, 6.07) is 0. The molecule has 2 unspecified atom stereocenters. The molecule has 0 radical (unpaired) electrons. The first kappa shape index (κ1) is 20.9. The number of hydrogen-bond donors (Lipinski definition) is 2. The summed E-state index contributed by atoms with van der Waals surface area (Å²) >= 11 is 0. The minimum absolute atomic E-state index is 0.00405. The van der Waals surface area contributed by atoms with E-state index in [1.165, 1.54) is 0 Å². The number of nitrogens with zero attached hydrogens (tertiary/aromatic N) is 2. The third-order valence-electron chi connectivity index (χ3n) is 4.58. The van der Waals surface area contributed by atoms with E-state index in [1.54, 1.807) is 0 Å². The fourth-order valence-corrected chi connectivity index (χ4v) is 3.17. The van der Waals surface area contributed by atoms with Crippen LogP contribution in [0.25, 0.3) is 0 Å². The van der Waals surface area contributed by atoms with Gasteiger partial charge < -0.3 is 20.4 Å². The molecule has 2 N–H and O–H groups in total. The van der Waals surface area contributed by atoms with Crippen LogP contribution >= 0.6 is 0 Å². The Morgan fingerprint density at radius 2 is 1.25 bits per heavy atom. The van der Waals surface area contributed by atoms with E-state index >= 15 is 0 Å². The van der Waals surface area contributed by atoms with Crippen molar-refractivity contribution in [3.05, 3.63) is 0 Å². The minimum Gasteiger partial charge on any atom is -0.356 e. The van der Waals surface area contributed by atoms with E-state index in [0.717, 1.165) is 58.3 Å². The van der Waals surface area contributed by atoms with Crippen molar-refractivity contribution in [1.29, 1.82) is 0 Å². The monoisotopic (exact) mass is 340 g/mol. The molecule has 0 spiro atoms. The van der Waals surface area contributed by atoms with Gasteiger partial charge in [-0.05, 0) is 73.4 Å². The first-order valence-electron chi connectivity index (χ1n) is 9.25. The maximum Gasteiger partial charge on any atom is 0.223 e. The van der Waals surface area contributed by atoms with Crippen molar-refractivity contribution in [2.75, 3.05) is 54.4 Å². The Kier molecular flexibility index (Phi) is 9.95. The number of amides is 2. The second-order valence-electron chi connectivity index (χ2n) is 7.46. The highest BCUT2D eigenvalue weighted by atomic mass is 16.2. The molecule has 0 heterocycles. The summed E-state index contributed by atoms with van der Waals surface area (Å²) in [7, 11) is 8.13. The summed E-state index contributed by atoms with van der Waals surface area (Å²) in [5.74, 6) is 0.240. The molecule has 1 saturated carbocycles. The molecule has 0 bridgehead atoms. The van der Waals surface area contributed by atoms with Gasteiger partial charge in [0.2, 0.25) is 11.8 Å². The van der Waals surface area contributed by atoms with E-state index in [1.807, 2.05) is 28.2 Å². The molecule has 0 aromatic heterocycles. The predicted octanol–water partition coefficient (Wildman–Crippen LogP) is 0.929. The lowest BCUT2D eigenvalue weighted by molar-refractivity contribution is -0.130. The van der Waals surface area contributed by atoms with Crippen molar-refractivity contribution in [3.8, 4) is 0 Å². The van der Waals surface area contributed by atoms with Crippen molar-refractivity contribution in [3.63, 3.8) is 0 Å². The largest absolute Gasteiger partial charge is 0.356 e. The molecular weight excluding hydrogens is 304 g/mol. The zero-order valence-corrected chi connectivity index (χ0v) is 15.9. The van der Waals surface area contributed by atoms with E-state index in [9.17, 15) is 9.59 Å². The quantitative estimate of drug-likeness (QED) is 0.581. The zero-order chi connectivity index (χ0) is 17.9. The SMILES string of the molecule is CN(C)CCCNC(=O)C1CCCC(C(=O)NCCCN(C)C)C1. The Bertz CT molecular complexity index is 351. The number of nitrogens with one attached hydrogen (secondary N) is 2. The fourth-order valence-electron chi connectivity index (χ4n) is 3.17. The van der Waals surface area contributed by atoms with Gasteiger partial charge in [0.05, 0.1) is 0 Å². The average Bonchev–Trinajstić information content (AvgIpc) is 2.55. The van der Waals surface area contributed by atoms with Crippen LogP contribution in [-0.4, -0.2) is 76.0 Å². The first-order chi connectivity index (χ1) is 11.4. The minimum atomic E-state index is -0.00405. The molecule has 0 saturated heterocycles. The highest BCUT2D eigenvalue weighted by molar-refractivity contribution is 5.82. The topological polar surface area (TPSA) is 64.7 Å². The summed E-state index contributed by atoms with van der Waals surface area (Å²) in [5.41, 5.74) is 0. The second-order valence-corrected chi connectivity index (χ2v) is 7.46. The number of rotatable bonds is 10. The fraction of sp³-hybridized carbons (Fsp3) is 0.889. The van der Waals surface area contributed by atoms with Crippen LogP contribution in [0, 0.1) is 11.8 Å². The van der Waals surface area contributed by atoms with Gasteiger partial charge in [-0.25, -0.2) is 0 Å². The van der Waals surface area contributed by atoms with Gasteiger partial charge in [-0.15, -0.1) is 0 Å². The molecule has 1 fully saturated rings. The normalized spacial score (nSPS) is 21.1. The van der Waals surface area contributed by atoms with Crippen LogP contribution in [0.1, 0.15) is 38.5 Å². The van der Waals surface area contributed by atoms with Crippen LogP contribution < -0.4 is 10.6 Å². The average molecular weight is 341 g/mol. The Morgan fingerprint density at radius 3 is 1.62 bits per heavy atom. The van der Waals surface area contributed by atoms with Gasteiger partial charge in [0.1, 0.15) is 0 Å². The van der Waals surface area contributed by atoms with Gasteiger partial charge in [0, 0.05) is 24.9 Å². The number of hydrogen-bond acceptors (Lipinski definition) is 4. The van der Waals surface area contributed by atoms with Crippen molar-refractivity contribution >= 4 is 11.8 Å². The summed E-state index contributed by atoms with van der Waals surface area (Å²) < 4.78 is 0. The second kappa shape index (κ2) is 11.4. The number of carbonyl (C=O) groups excluding carboxylic acids is 2. The molecule has 24 heavy (non-hydrogen) atoms. The van der Waals surface area contributed by atoms with Crippen molar-refractivity contribution < 1.29 is 9.59 Å². The van der Waals surface area contributed by atoms with Gasteiger partial charge in [-0.3, -0.25) is 9.59 Å². The zero-order valence-electron chi connectivity index (χ0n) is 15.9. The van der Waals surface area contributed by atoms with Crippen molar-refractivity contribution in [1.82, 2.24) is 20.4 Å². The van der Waals surface area contributed by atoms with Crippen LogP contribution in [0.5, 0.6) is 0 Å². The highest BCUT2D eigenvalue weighted by Gasteiger charge is 2.30. The maximum absolute atomic E-state index is 12.3. The summed E-state index contributed by atoms with van der Waals surface area (Å²) in [4.78, 5) is 28.8. The van der Waals surface area contributed by atoms with Crippen LogP contribution in [0.15, 0.2) is 0 Å². The van der Waals surface area contributed by atoms with Crippen LogP contribution in [-0.2, 0) is 9.59 Å². The molecule has 0 aliphatic heterocycles. The molecule has 1 aliphatic carbocycles. The Balaban J connectivity index is 2.27. The van der Waals surface area contributed by atoms with E-state index in [-0.39, 0.29) is 23.7 Å². The Labute approximate surface area is 147 Å². The Morgan fingerprint density at radius 1 is 0.833 bits per heavy atom. The first-order valence-corrected chi connectivity index (χ1v) is 9.25. The van der Waals surface area contributed by atoms with Gasteiger partial charge in [0.25, 0.3) is 0 Å². The van der Waals surface area contributed by atoms with E-state index < -0.39 is 0 Å². The number of carbonyl (C=O) groups is 2. The van der Waals surface area contributed by atoms with Gasteiger partial charge >= 0.3 is 0 Å². The third-order valence-corrected chi connectivity index (χ3v) is 4.58. The molecule has 0 aromatic carbocycles. The third kappa shape index (κ3) is 8.64. The summed E-state index contributed by atoms with van der Waals surface area (Å²) in [6.45, 7) is 3.38. The smallest absolute Gasteiger partial charge is 0.223 e. The molecule has 6 nitrogen and oxygen atoms in total. The van der Waals surface area contributed by atoms with Crippen molar-refractivity contribution in [2.45, 2.75) is 38.5 Å². The molecule has 140 valence electrons. The van der Waals surface area contributed by atoms with Gasteiger partial charge in [-0.2, -0.15) is 0 Å². The highest BCUT2D eigenvalue weighted by Crippen LogP contribution is 2.29. The molecular formula is C18H36N4O2. The molecule has 2 amide bonds. The maximum atomic E-state index is 12.3. The lowest BCUT2D eigenvalue weighted by Gasteiger charge is -2.27. The molecule has 1 aliphatic rings. The molecule has 1 rings (SSSR count). The van der Waals surface area contributed by atoms with Gasteiger partial charge in [-0.1, -0.05) is 6.42 Å². The van der Waals surface area contributed by atoms with Crippen molar-refractivity contribution in [2.24, 2.45) is 11.8 Å². The van der Waals surface area contributed by atoms with E-state index in [2.05, 4.69) is 20.4 Å². The van der Waals surface area contributed by atoms with E-state index in [0.29, 0.717) is 6.42 Å². The summed E-state index contributed by atoms with van der Waals surface area (Å²) in [6.07, 6.45) is 5.39. The van der Waals surface area contributed by atoms with Crippen LogP contribution in [0.4, 0.5) is 0 Å². The molecule has 6 heteroatoms. The van der Waals surface area contributed by atoms with Gasteiger partial charge in [0.15, 0.2) is 0 Å². The lowest BCUT2D eigenvalue weighted by atomic mass is 9.80. The Hall–Kier alpha value is -1.14. The molecule has 2 atom stereocenters. The van der Waals surface area contributed by atoms with E-state index in [4.69, 9.17) is 0 Å². The predicted molar refractivity (Wildman–Crippen MR) is 97.8 cm³/mol. The lowest BCUT2D eigenvalue weighted by Crippen LogP contribution is -2.39. The van der Waals surface area contributed by atoms with Crippen LogP contribution in [0.3, 0.4) is 0 Å². The standard InChI is InChI=1S/C18H36N4O2/c1-21(2)12-6-10-19-17(23)15-8-5-9-16(14-15)18(24)20-11-7-13-22(3)4/h15-16H,5-14H2,1-4H3,(H,19,23)(H,20,24). The van der Waals surface area contributed by atoms with Crippen LogP contribution in [0.2, 0.25) is 0 Å². The summed E-state index contributed by atoms with van der Waals surface area (Å²) in [5, 5.41) is 6.06. The molecule has 0 aromatic rings.